The molecule has 2 aromatic carbocycles. The number of hydrogen-bond acceptors (Lipinski definition) is 5. The van der Waals surface area contributed by atoms with E-state index in [1.807, 2.05) is 0 Å². The summed E-state index contributed by atoms with van der Waals surface area (Å²) in [5.74, 6) is -2.91. The third-order valence-corrected chi connectivity index (χ3v) is 5.42. The van der Waals surface area contributed by atoms with Crippen molar-refractivity contribution in [3.8, 4) is 11.5 Å². The number of aliphatic imine (C=N–C) groups is 1. The third-order valence-electron chi connectivity index (χ3n) is 5.42. The van der Waals surface area contributed by atoms with Crippen molar-refractivity contribution < 1.29 is 94.0 Å². The van der Waals surface area contributed by atoms with Crippen LogP contribution in [0.25, 0.3) is 0 Å². The summed E-state index contributed by atoms with van der Waals surface area (Å²) in [5, 5.41) is 19.2. The lowest BCUT2D eigenvalue weighted by Crippen LogP contribution is -2.54. The van der Waals surface area contributed by atoms with Gasteiger partial charge in [-0.1, -0.05) is 0 Å². The lowest BCUT2D eigenvalue weighted by molar-refractivity contribution is -0.376. The number of ether oxygens (including phenoxy) is 1. The molecule has 0 aromatic heterocycles. The third kappa shape index (κ3) is 6.56. The molecule has 0 heterocycles. The molecule has 248 valence electrons. The molecule has 2 aromatic rings. The van der Waals surface area contributed by atoms with E-state index in [1.165, 1.54) is 0 Å². The molecule has 44 heavy (non-hydrogen) atoms. The van der Waals surface area contributed by atoms with Crippen LogP contribution in [0.15, 0.2) is 41.4 Å². The summed E-state index contributed by atoms with van der Waals surface area (Å²) < 4.78 is 243. The van der Waals surface area contributed by atoms with Gasteiger partial charge in [0.2, 0.25) is 5.71 Å². The zero-order valence-electron chi connectivity index (χ0n) is 20.1. The first kappa shape index (κ1) is 36.6. The highest BCUT2D eigenvalue weighted by atomic mass is 19.4. The van der Waals surface area contributed by atoms with Gasteiger partial charge in [-0.2, -0.15) is 79.0 Å². The first-order valence-corrected chi connectivity index (χ1v) is 10.5. The highest BCUT2D eigenvalue weighted by Crippen LogP contribution is 2.55. The van der Waals surface area contributed by atoms with Crippen LogP contribution >= 0.6 is 0 Å². The minimum absolute atomic E-state index is 0.00435. The van der Waals surface area contributed by atoms with Gasteiger partial charge in [0, 0.05) is 16.8 Å². The topological polar surface area (TPSA) is 88.1 Å². The molecular weight excluding hydrogens is 670 g/mol. The average Bonchev–Trinajstić information content (AvgIpc) is 2.78. The van der Waals surface area contributed by atoms with Crippen molar-refractivity contribution in [3.63, 3.8) is 0 Å². The van der Waals surface area contributed by atoms with Crippen LogP contribution in [-0.2, 0) is 11.2 Å². The minimum Gasteiger partial charge on any atom is -0.457 e. The van der Waals surface area contributed by atoms with Crippen LogP contribution in [0.1, 0.15) is 11.1 Å². The SMILES string of the molecule is Nc1ccc(Oc2ccc(N=C(C(F)(F)F)C(F)(F)F)c(C(O)(C(F)(F)F)C(F)(F)F)c2)cc1C(O)(C(F)(F)F)C(F)(F)F. The summed E-state index contributed by atoms with van der Waals surface area (Å²) in [7, 11) is 0. The molecule has 2 rings (SSSR count). The van der Waals surface area contributed by atoms with E-state index in [9.17, 15) is 89.2 Å². The first-order chi connectivity index (χ1) is 19.3. The molecule has 5 nitrogen and oxygen atoms in total. The number of benzene rings is 2. The second-order valence-electron chi connectivity index (χ2n) is 8.40. The summed E-state index contributed by atoms with van der Waals surface area (Å²) >= 11 is 0. The molecular formula is C21H10F18N2O3. The van der Waals surface area contributed by atoms with Gasteiger partial charge in [-0.25, -0.2) is 4.99 Å². The van der Waals surface area contributed by atoms with E-state index in [0.29, 0.717) is 6.07 Å². The highest BCUT2D eigenvalue weighted by Gasteiger charge is 2.73. The minimum atomic E-state index is -6.96. The maximum absolute atomic E-state index is 13.5. The van der Waals surface area contributed by atoms with Gasteiger partial charge in [-0.05, 0) is 36.4 Å². The largest absolute Gasteiger partial charge is 0.457 e. The average molecular weight is 680 g/mol. The van der Waals surface area contributed by atoms with Crippen molar-refractivity contribution in [2.75, 3.05) is 5.73 Å². The van der Waals surface area contributed by atoms with E-state index in [1.54, 1.807) is 4.99 Å². The lowest BCUT2D eigenvalue weighted by Gasteiger charge is -2.34. The van der Waals surface area contributed by atoms with Gasteiger partial charge in [0.1, 0.15) is 11.5 Å². The molecule has 0 spiro atoms. The van der Waals surface area contributed by atoms with E-state index in [-0.39, 0.29) is 18.2 Å². The van der Waals surface area contributed by atoms with Crippen LogP contribution in [0.5, 0.6) is 11.5 Å². The Morgan fingerprint density at radius 1 is 0.545 bits per heavy atom. The summed E-state index contributed by atoms with van der Waals surface area (Å²) in [4.78, 5) is 1.81. The van der Waals surface area contributed by atoms with E-state index >= 15 is 0 Å². The van der Waals surface area contributed by atoms with Crippen LogP contribution in [0.2, 0.25) is 0 Å². The Hall–Kier alpha value is -3.63. The Kier molecular flexibility index (Phi) is 8.95. The lowest BCUT2D eigenvalue weighted by atomic mass is 9.90. The number of rotatable bonds is 5. The van der Waals surface area contributed by atoms with E-state index in [2.05, 4.69) is 4.74 Å². The van der Waals surface area contributed by atoms with Gasteiger partial charge >= 0.3 is 37.1 Å². The van der Waals surface area contributed by atoms with E-state index in [4.69, 9.17) is 5.73 Å². The van der Waals surface area contributed by atoms with Gasteiger partial charge in [-0.3, -0.25) is 0 Å². The molecule has 0 bridgehead atoms. The predicted octanol–water partition coefficient (Wildman–Crippen LogP) is 7.88. The fraction of sp³-hybridized carbons (Fsp3) is 0.381. The Labute approximate surface area is 230 Å². The summed E-state index contributed by atoms with van der Waals surface area (Å²) in [6, 6.07) is -0.871. The van der Waals surface area contributed by atoms with Crippen molar-refractivity contribution in [1.29, 1.82) is 0 Å². The quantitative estimate of drug-likeness (QED) is 0.170. The first-order valence-electron chi connectivity index (χ1n) is 10.5. The Balaban J connectivity index is 2.93. The number of halogens is 18. The zero-order chi connectivity index (χ0) is 34.7. The summed E-state index contributed by atoms with van der Waals surface area (Å²) in [6.07, 6.45) is -40.1. The van der Waals surface area contributed by atoms with Crippen molar-refractivity contribution in [3.05, 3.63) is 47.5 Å². The highest BCUT2D eigenvalue weighted by molar-refractivity contribution is 5.96. The van der Waals surface area contributed by atoms with Crippen molar-refractivity contribution in [2.45, 2.75) is 48.3 Å². The second-order valence-corrected chi connectivity index (χ2v) is 8.40. The number of hydrogen-bond donors (Lipinski definition) is 3. The maximum atomic E-state index is 13.5. The van der Waals surface area contributed by atoms with Crippen molar-refractivity contribution in [2.24, 2.45) is 4.99 Å². The zero-order valence-corrected chi connectivity index (χ0v) is 20.1. The molecule has 4 N–H and O–H groups in total. The number of aliphatic hydroxyl groups is 2. The molecule has 0 aliphatic carbocycles. The Morgan fingerprint density at radius 2 is 0.886 bits per heavy atom. The molecule has 0 unspecified atom stereocenters. The molecule has 0 saturated carbocycles. The molecule has 0 radical (unpaired) electrons. The second kappa shape index (κ2) is 10.8. The van der Waals surface area contributed by atoms with E-state index < -0.39 is 100 Å². The van der Waals surface area contributed by atoms with Gasteiger partial charge in [0.25, 0.3) is 11.2 Å². The normalized spacial score (nSPS) is 14.5. The molecule has 23 heteroatoms. The predicted molar refractivity (Wildman–Crippen MR) is 109 cm³/mol. The number of anilines is 1. The summed E-state index contributed by atoms with van der Waals surface area (Å²) in [5.41, 5.74) is -19.8. The molecule has 0 saturated heterocycles. The molecule has 0 aliphatic rings. The van der Waals surface area contributed by atoms with Crippen LogP contribution in [0.3, 0.4) is 0 Å². The van der Waals surface area contributed by atoms with Gasteiger partial charge in [0.15, 0.2) is 0 Å². The maximum Gasteiger partial charge on any atom is 0.438 e. The van der Waals surface area contributed by atoms with Crippen LogP contribution in [0, 0.1) is 0 Å². The number of alkyl halides is 18. The number of nitrogens with two attached hydrogens (primary N) is 1. The molecule has 0 fully saturated rings. The number of nitrogen functional groups attached to an aromatic ring is 1. The standard InChI is InChI=1S/C21H10F18N2O3/c22-16(23,24)13(17(25,26)27)41-12-4-2-8(6-10(12)15(43,20(34,35)36)21(37,38)39)44-7-1-3-11(40)9(5-7)14(42,18(28,29)30)19(31,32)33/h1-6,42-43H,40H2. The van der Waals surface area contributed by atoms with Crippen LogP contribution in [0.4, 0.5) is 90.4 Å². The molecule has 0 aliphatic heterocycles. The van der Waals surface area contributed by atoms with Gasteiger partial charge in [-0.15, -0.1) is 0 Å². The van der Waals surface area contributed by atoms with Crippen LogP contribution in [-0.4, -0.2) is 53.0 Å². The van der Waals surface area contributed by atoms with Gasteiger partial charge in [0.05, 0.1) is 5.69 Å². The fourth-order valence-electron chi connectivity index (χ4n) is 3.35. The molecule has 0 atom stereocenters. The Bertz CT molecular complexity index is 1350. The number of nitrogens with zero attached hydrogens (tertiary/aromatic N) is 1. The van der Waals surface area contributed by atoms with E-state index in [0.717, 1.165) is 0 Å². The van der Waals surface area contributed by atoms with Crippen LogP contribution < -0.4 is 10.5 Å². The smallest absolute Gasteiger partial charge is 0.438 e. The molecule has 0 amide bonds. The fourth-order valence-corrected chi connectivity index (χ4v) is 3.35. The van der Waals surface area contributed by atoms with Crippen molar-refractivity contribution in [1.82, 2.24) is 0 Å². The monoisotopic (exact) mass is 680 g/mol. The Morgan fingerprint density at radius 3 is 1.25 bits per heavy atom. The van der Waals surface area contributed by atoms with Crippen molar-refractivity contribution >= 4 is 17.1 Å². The summed E-state index contributed by atoms with van der Waals surface area (Å²) in [6.45, 7) is 0. The van der Waals surface area contributed by atoms with Gasteiger partial charge < -0.3 is 20.7 Å².